The van der Waals surface area contributed by atoms with Crippen LogP contribution in [0.1, 0.15) is 10.4 Å². The van der Waals surface area contributed by atoms with Crippen LogP contribution in [0.2, 0.25) is 0 Å². The third-order valence-electron chi connectivity index (χ3n) is 3.60. The molecule has 0 atom stereocenters. The smallest absolute Gasteiger partial charge is 0.345 e. The Hall–Kier alpha value is -3.27. The Morgan fingerprint density at radius 2 is 2.00 bits per heavy atom. The van der Waals surface area contributed by atoms with Crippen LogP contribution in [0.4, 0.5) is 11.4 Å². The van der Waals surface area contributed by atoms with Crippen molar-refractivity contribution < 1.29 is 28.7 Å². The first-order valence-electron chi connectivity index (χ1n) is 7.67. The second kappa shape index (κ2) is 7.96. The monoisotopic (exact) mass is 390 g/mol. The summed E-state index contributed by atoms with van der Waals surface area (Å²) in [6.07, 6.45) is 1.90. The van der Waals surface area contributed by atoms with Gasteiger partial charge in [-0.15, -0.1) is 11.8 Å². The van der Waals surface area contributed by atoms with Crippen LogP contribution in [0.15, 0.2) is 41.3 Å². The minimum Gasteiger partial charge on any atom is -0.454 e. The maximum absolute atomic E-state index is 12.2. The number of fused-ring (bicyclic) bond motifs is 1. The number of nitro groups is 1. The predicted molar refractivity (Wildman–Crippen MR) is 96.4 cm³/mol. The van der Waals surface area contributed by atoms with Gasteiger partial charge in [0.25, 0.3) is 11.6 Å². The number of hydrogen-bond donors (Lipinski definition) is 1. The highest BCUT2D eigenvalue weighted by Gasteiger charge is 2.28. The number of carbonyl (C=O) groups is 2. The number of nitrogens with zero attached hydrogens (tertiary/aromatic N) is 1. The lowest BCUT2D eigenvalue weighted by Crippen LogP contribution is -2.21. The fourth-order valence-corrected chi connectivity index (χ4v) is 2.81. The zero-order chi connectivity index (χ0) is 19.4. The third-order valence-corrected chi connectivity index (χ3v) is 4.32. The molecule has 1 amide bonds. The Kier molecular flexibility index (Phi) is 5.46. The highest BCUT2D eigenvalue weighted by atomic mass is 32.2. The van der Waals surface area contributed by atoms with E-state index in [4.69, 9.17) is 14.2 Å². The largest absolute Gasteiger partial charge is 0.454 e. The van der Waals surface area contributed by atoms with E-state index in [-0.39, 0.29) is 23.9 Å². The van der Waals surface area contributed by atoms with Crippen LogP contribution in [0, 0.1) is 10.1 Å². The summed E-state index contributed by atoms with van der Waals surface area (Å²) in [4.78, 5) is 35.6. The van der Waals surface area contributed by atoms with E-state index in [2.05, 4.69) is 5.32 Å². The molecule has 2 aromatic carbocycles. The lowest BCUT2D eigenvalue weighted by molar-refractivity contribution is -0.385. The molecule has 27 heavy (non-hydrogen) atoms. The Labute approximate surface area is 157 Å². The van der Waals surface area contributed by atoms with Gasteiger partial charge >= 0.3 is 5.97 Å². The number of rotatable bonds is 6. The number of thioether (sulfide) groups is 1. The molecule has 0 bridgehead atoms. The molecule has 0 unspecified atom stereocenters. The summed E-state index contributed by atoms with van der Waals surface area (Å²) in [6, 6.07) is 9.40. The highest BCUT2D eigenvalue weighted by Crippen LogP contribution is 2.38. The number of hydrogen-bond acceptors (Lipinski definition) is 8. The normalized spacial score (nSPS) is 11.7. The van der Waals surface area contributed by atoms with Gasteiger partial charge in [0.15, 0.2) is 18.1 Å². The number of ether oxygens (including phenoxy) is 3. The van der Waals surface area contributed by atoms with Gasteiger partial charge in [-0.1, -0.05) is 6.07 Å². The average Bonchev–Trinajstić information content (AvgIpc) is 3.12. The number of nitrogens with one attached hydrogen (secondary N) is 1. The minimum absolute atomic E-state index is 0.0947. The van der Waals surface area contributed by atoms with Crippen LogP contribution >= 0.6 is 11.8 Å². The molecule has 0 spiro atoms. The van der Waals surface area contributed by atoms with Crippen LogP contribution in [0.3, 0.4) is 0 Å². The molecule has 2 aromatic rings. The predicted octanol–water partition coefficient (Wildman–Crippen LogP) is 2.84. The van der Waals surface area contributed by atoms with Crippen molar-refractivity contribution in [1.29, 1.82) is 0 Å². The molecule has 10 heteroatoms. The highest BCUT2D eigenvalue weighted by molar-refractivity contribution is 7.98. The Bertz CT molecular complexity index is 916. The summed E-state index contributed by atoms with van der Waals surface area (Å²) in [5.74, 6) is -1.20. The number of carbonyl (C=O) groups excluding carboxylic acids is 2. The standard InChI is InChI=1S/C17H14N2O7S/c1-27-11-4-2-3-10(5-11)18-16(20)8-24-17(21)12-6-14-15(26-9-25-14)7-13(12)19(22)23/h2-7H,8-9H2,1H3,(H,18,20). The first-order chi connectivity index (χ1) is 13.0. The number of nitro benzene ring substituents is 1. The van der Waals surface area contributed by atoms with Crippen LogP contribution < -0.4 is 14.8 Å². The average molecular weight is 390 g/mol. The van der Waals surface area contributed by atoms with E-state index in [9.17, 15) is 19.7 Å². The summed E-state index contributed by atoms with van der Waals surface area (Å²) in [6.45, 7) is -0.684. The maximum Gasteiger partial charge on any atom is 0.345 e. The first kappa shape index (κ1) is 18.5. The van der Waals surface area contributed by atoms with E-state index in [1.165, 1.54) is 17.8 Å². The van der Waals surface area contributed by atoms with Gasteiger partial charge in [-0.25, -0.2) is 4.79 Å². The SMILES string of the molecule is CSc1cccc(NC(=O)COC(=O)c2cc3c(cc2[N+](=O)[O-])OCO3)c1. The van der Waals surface area contributed by atoms with Crippen LogP contribution in [0.25, 0.3) is 0 Å². The molecule has 3 rings (SSSR count). The Morgan fingerprint density at radius 1 is 1.26 bits per heavy atom. The van der Waals surface area contributed by atoms with Crippen LogP contribution in [0.5, 0.6) is 11.5 Å². The van der Waals surface area contributed by atoms with Gasteiger partial charge in [0.05, 0.1) is 11.0 Å². The molecule has 9 nitrogen and oxygen atoms in total. The zero-order valence-corrected chi connectivity index (χ0v) is 14.9. The number of benzene rings is 2. The molecule has 140 valence electrons. The minimum atomic E-state index is -1.01. The van der Waals surface area contributed by atoms with Gasteiger partial charge in [-0.3, -0.25) is 14.9 Å². The van der Waals surface area contributed by atoms with E-state index in [0.717, 1.165) is 11.0 Å². The molecule has 0 saturated heterocycles. The van der Waals surface area contributed by atoms with E-state index < -0.39 is 29.1 Å². The molecule has 0 radical (unpaired) electrons. The summed E-state index contributed by atoms with van der Waals surface area (Å²) in [5, 5.41) is 13.8. The van der Waals surface area contributed by atoms with E-state index in [1.54, 1.807) is 18.2 Å². The molecule has 0 fully saturated rings. The maximum atomic E-state index is 12.2. The molecular formula is C17H14N2O7S. The van der Waals surface area contributed by atoms with E-state index >= 15 is 0 Å². The molecule has 1 aliphatic rings. The van der Waals surface area contributed by atoms with Gasteiger partial charge in [-0.05, 0) is 24.5 Å². The van der Waals surface area contributed by atoms with Gasteiger partial charge in [0.1, 0.15) is 5.56 Å². The molecule has 0 aromatic heterocycles. The van der Waals surface area contributed by atoms with Crippen molar-refractivity contribution in [2.75, 3.05) is 25.0 Å². The van der Waals surface area contributed by atoms with Gasteiger partial charge in [-0.2, -0.15) is 0 Å². The van der Waals surface area contributed by atoms with Gasteiger partial charge in [0.2, 0.25) is 6.79 Å². The zero-order valence-electron chi connectivity index (χ0n) is 14.1. The topological polar surface area (TPSA) is 117 Å². The van der Waals surface area contributed by atoms with Gasteiger partial charge in [0, 0.05) is 16.6 Å². The molecule has 1 N–H and O–H groups in total. The van der Waals surface area contributed by atoms with Crippen molar-refractivity contribution in [3.8, 4) is 11.5 Å². The fraction of sp³-hybridized carbons (Fsp3) is 0.176. The van der Waals surface area contributed by atoms with Crippen molar-refractivity contribution in [1.82, 2.24) is 0 Å². The third kappa shape index (κ3) is 4.29. The summed E-state index contributed by atoms with van der Waals surface area (Å²) >= 11 is 1.52. The van der Waals surface area contributed by atoms with Crippen LogP contribution in [-0.4, -0.2) is 36.5 Å². The quantitative estimate of drug-likeness (QED) is 0.346. The second-order valence-corrected chi connectivity index (χ2v) is 6.22. The van der Waals surface area contributed by atoms with Gasteiger partial charge < -0.3 is 19.5 Å². The van der Waals surface area contributed by atoms with E-state index in [0.29, 0.717) is 5.69 Å². The lowest BCUT2D eigenvalue weighted by Gasteiger charge is -2.08. The molecule has 0 aliphatic carbocycles. The fourth-order valence-electron chi connectivity index (χ4n) is 2.35. The molecule has 1 heterocycles. The first-order valence-corrected chi connectivity index (χ1v) is 8.89. The number of amides is 1. The Balaban J connectivity index is 1.67. The molecular weight excluding hydrogens is 376 g/mol. The van der Waals surface area contributed by atoms with Crippen molar-refractivity contribution in [2.24, 2.45) is 0 Å². The summed E-state index contributed by atoms with van der Waals surface area (Å²) in [7, 11) is 0. The van der Waals surface area contributed by atoms with Crippen molar-refractivity contribution in [3.63, 3.8) is 0 Å². The number of esters is 1. The molecule has 0 saturated carbocycles. The van der Waals surface area contributed by atoms with Crippen LogP contribution in [-0.2, 0) is 9.53 Å². The second-order valence-electron chi connectivity index (χ2n) is 5.34. The van der Waals surface area contributed by atoms with Crippen molar-refractivity contribution >= 4 is 35.0 Å². The van der Waals surface area contributed by atoms with E-state index in [1.807, 2.05) is 12.3 Å². The summed E-state index contributed by atoms with van der Waals surface area (Å²) in [5.41, 5.74) is -0.254. The lowest BCUT2D eigenvalue weighted by atomic mass is 10.1. The Morgan fingerprint density at radius 3 is 2.70 bits per heavy atom. The summed E-state index contributed by atoms with van der Waals surface area (Å²) < 4.78 is 15.1. The van der Waals surface area contributed by atoms with Crippen molar-refractivity contribution in [2.45, 2.75) is 4.90 Å². The van der Waals surface area contributed by atoms with Crippen molar-refractivity contribution in [3.05, 3.63) is 52.1 Å². The molecule has 1 aliphatic heterocycles. The number of anilines is 1.